The first-order chi connectivity index (χ1) is 8.13. The molecule has 0 saturated heterocycles. The van der Waals surface area contributed by atoms with Gasteiger partial charge in [0.1, 0.15) is 0 Å². The summed E-state index contributed by atoms with van der Waals surface area (Å²) in [6, 6.07) is 9.43. The Kier molecular flexibility index (Phi) is 6.23. The van der Waals surface area contributed by atoms with Gasteiger partial charge in [-0.2, -0.15) is 0 Å². The quantitative estimate of drug-likeness (QED) is 0.758. The lowest BCUT2D eigenvalue weighted by Crippen LogP contribution is -2.35. The van der Waals surface area contributed by atoms with Crippen molar-refractivity contribution in [2.24, 2.45) is 0 Å². The zero-order chi connectivity index (χ0) is 12.7. The van der Waals surface area contributed by atoms with Crippen LogP contribution in [0.3, 0.4) is 0 Å². The van der Waals surface area contributed by atoms with Crippen LogP contribution in [-0.2, 0) is 6.54 Å². The topological polar surface area (TPSA) is 24.1 Å². The first-order valence-corrected chi connectivity index (χ1v) is 6.66. The summed E-state index contributed by atoms with van der Waals surface area (Å²) in [6.07, 6.45) is 0. The predicted molar refractivity (Wildman–Crippen MR) is 75.4 cm³/mol. The molecule has 96 valence electrons. The normalized spacial score (nSPS) is 13.0. The molecule has 0 amide bonds. The second kappa shape index (κ2) is 7.46. The number of hydrogen-bond acceptors (Lipinski definition) is 2. The van der Waals surface area contributed by atoms with Gasteiger partial charge in [-0.3, -0.25) is 0 Å². The molecular weight excluding hydrogens is 208 g/mol. The van der Waals surface area contributed by atoms with Crippen molar-refractivity contribution in [1.82, 2.24) is 10.6 Å². The zero-order valence-corrected chi connectivity index (χ0v) is 11.6. The molecule has 0 heterocycles. The molecule has 0 saturated carbocycles. The van der Waals surface area contributed by atoms with Crippen LogP contribution in [0.25, 0.3) is 0 Å². The molecule has 2 N–H and O–H groups in total. The molecule has 0 radical (unpaired) electrons. The third kappa shape index (κ3) is 5.33. The van der Waals surface area contributed by atoms with Gasteiger partial charge in [0.15, 0.2) is 0 Å². The number of hydrogen-bond donors (Lipinski definition) is 2. The SMILES string of the molecule is CCNCC(C)NCc1ccc(C(C)C)cc1. The Labute approximate surface area is 106 Å². The molecule has 0 bridgehead atoms. The lowest BCUT2D eigenvalue weighted by molar-refractivity contribution is 0.509. The summed E-state index contributed by atoms with van der Waals surface area (Å²) in [5.41, 5.74) is 2.77. The van der Waals surface area contributed by atoms with E-state index >= 15 is 0 Å². The Morgan fingerprint density at radius 3 is 2.24 bits per heavy atom. The van der Waals surface area contributed by atoms with Crippen LogP contribution in [0.2, 0.25) is 0 Å². The molecule has 0 spiro atoms. The van der Waals surface area contributed by atoms with E-state index in [1.54, 1.807) is 0 Å². The van der Waals surface area contributed by atoms with Crippen LogP contribution in [0.5, 0.6) is 0 Å². The summed E-state index contributed by atoms with van der Waals surface area (Å²) >= 11 is 0. The molecule has 2 nitrogen and oxygen atoms in total. The highest BCUT2D eigenvalue weighted by Gasteiger charge is 2.01. The molecule has 0 fully saturated rings. The first kappa shape index (κ1) is 14.2. The highest BCUT2D eigenvalue weighted by molar-refractivity contribution is 5.24. The van der Waals surface area contributed by atoms with Crippen LogP contribution in [0.4, 0.5) is 0 Å². The molecule has 17 heavy (non-hydrogen) atoms. The molecule has 1 unspecified atom stereocenters. The van der Waals surface area contributed by atoms with Gasteiger partial charge in [-0.25, -0.2) is 0 Å². The van der Waals surface area contributed by atoms with Crippen molar-refractivity contribution in [3.05, 3.63) is 35.4 Å². The van der Waals surface area contributed by atoms with Gasteiger partial charge in [0.25, 0.3) is 0 Å². The van der Waals surface area contributed by atoms with Gasteiger partial charge in [0, 0.05) is 19.1 Å². The fourth-order valence-corrected chi connectivity index (χ4v) is 1.75. The van der Waals surface area contributed by atoms with E-state index in [0.29, 0.717) is 12.0 Å². The molecular formula is C15H26N2. The van der Waals surface area contributed by atoms with E-state index in [1.165, 1.54) is 11.1 Å². The van der Waals surface area contributed by atoms with Gasteiger partial charge in [-0.1, -0.05) is 45.0 Å². The minimum absolute atomic E-state index is 0.514. The van der Waals surface area contributed by atoms with E-state index in [1.807, 2.05) is 0 Å². The molecule has 0 aliphatic heterocycles. The number of benzene rings is 1. The number of nitrogens with one attached hydrogen (secondary N) is 2. The van der Waals surface area contributed by atoms with Crippen LogP contribution in [0, 0.1) is 0 Å². The highest BCUT2D eigenvalue weighted by atomic mass is 15.0. The van der Waals surface area contributed by atoms with Crippen molar-refractivity contribution in [2.75, 3.05) is 13.1 Å². The van der Waals surface area contributed by atoms with Gasteiger partial charge >= 0.3 is 0 Å². The Balaban J connectivity index is 2.36. The molecule has 1 rings (SSSR count). The molecule has 1 aromatic rings. The summed E-state index contributed by atoms with van der Waals surface area (Å²) in [6.45, 7) is 11.8. The average molecular weight is 234 g/mol. The third-order valence-electron chi connectivity index (χ3n) is 3.00. The fraction of sp³-hybridized carbons (Fsp3) is 0.600. The minimum Gasteiger partial charge on any atom is -0.315 e. The largest absolute Gasteiger partial charge is 0.315 e. The summed E-state index contributed by atoms with van der Waals surface area (Å²) < 4.78 is 0. The van der Waals surface area contributed by atoms with Crippen molar-refractivity contribution < 1.29 is 0 Å². The fourth-order valence-electron chi connectivity index (χ4n) is 1.75. The van der Waals surface area contributed by atoms with Crippen LogP contribution in [0.1, 0.15) is 44.7 Å². The Morgan fingerprint density at radius 1 is 1.06 bits per heavy atom. The van der Waals surface area contributed by atoms with E-state index in [0.717, 1.165) is 19.6 Å². The lowest BCUT2D eigenvalue weighted by atomic mass is 10.0. The smallest absolute Gasteiger partial charge is 0.0208 e. The van der Waals surface area contributed by atoms with Crippen LogP contribution >= 0.6 is 0 Å². The summed E-state index contributed by atoms with van der Waals surface area (Å²) in [5, 5.41) is 6.87. The highest BCUT2D eigenvalue weighted by Crippen LogP contribution is 2.14. The van der Waals surface area contributed by atoms with Gasteiger partial charge in [-0.05, 0) is 30.5 Å². The molecule has 0 aliphatic carbocycles. The molecule has 0 aromatic heterocycles. The maximum absolute atomic E-state index is 3.52. The van der Waals surface area contributed by atoms with Crippen molar-refractivity contribution in [3.63, 3.8) is 0 Å². The predicted octanol–water partition coefficient (Wildman–Crippen LogP) is 2.90. The maximum atomic E-state index is 3.52. The average Bonchev–Trinajstić information content (AvgIpc) is 2.34. The van der Waals surface area contributed by atoms with Crippen molar-refractivity contribution >= 4 is 0 Å². The minimum atomic E-state index is 0.514. The third-order valence-corrected chi connectivity index (χ3v) is 3.00. The lowest BCUT2D eigenvalue weighted by Gasteiger charge is -2.14. The van der Waals surface area contributed by atoms with Gasteiger partial charge in [0.05, 0.1) is 0 Å². The maximum Gasteiger partial charge on any atom is 0.0208 e. The van der Waals surface area contributed by atoms with Crippen LogP contribution < -0.4 is 10.6 Å². The van der Waals surface area contributed by atoms with E-state index in [9.17, 15) is 0 Å². The van der Waals surface area contributed by atoms with E-state index in [4.69, 9.17) is 0 Å². The van der Waals surface area contributed by atoms with Gasteiger partial charge in [0.2, 0.25) is 0 Å². The van der Waals surface area contributed by atoms with Crippen molar-refractivity contribution in [1.29, 1.82) is 0 Å². The number of rotatable bonds is 7. The standard InChI is InChI=1S/C15H26N2/c1-5-16-10-13(4)17-11-14-6-8-15(9-7-14)12(2)3/h6-9,12-13,16-17H,5,10-11H2,1-4H3. The van der Waals surface area contributed by atoms with E-state index in [2.05, 4.69) is 62.6 Å². The Bertz CT molecular complexity index is 303. The molecule has 2 heteroatoms. The van der Waals surface area contributed by atoms with Crippen molar-refractivity contribution in [2.45, 2.75) is 46.2 Å². The second-order valence-electron chi connectivity index (χ2n) is 4.99. The van der Waals surface area contributed by atoms with Crippen LogP contribution in [-0.4, -0.2) is 19.1 Å². The van der Waals surface area contributed by atoms with Crippen molar-refractivity contribution in [3.8, 4) is 0 Å². The summed E-state index contributed by atoms with van der Waals surface area (Å²) in [7, 11) is 0. The molecule has 1 atom stereocenters. The summed E-state index contributed by atoms with van der Waals surface area (Å²) in [4.78, 5) is 0. The first-order valence-electron chi connectivity index (χ1n) is 6.66. The Morgan fingerprint density at radius 2 is 1.71 bits per heavy atom. The van der Waals surface area contributed by atoms with Gasteiger partial charge < -0.3 is 10.6 Å². The molecule has 1 aromatic carbocycles. The molecule has 0 aliphatic rings. The monoisotopic (exact) mass is 234 g/mol. The van der Waals surface area contributed by atoms with Crippen LogP contribution in [0.15, 0.2) is 24.3 Å². The second-order valence-corrected chi connectivity index (χ2v) is 4.99. The van der Waals surface area contributed by atoms with E-state index in [-0.39, 0.29) is 0 Å². The summed E-state index contributed by atoms with van der Waals surface area (Å²) in [5.74, 6) is 0.615. The Hall–Kier alpha value is -0.860. The number of likely N-dealkylation sites (N-methyl/N-ethyl adjacent to an activating group) is 1. The van der Waals surface area contributed by atoms with Gasteiger partial charge in [-0.15, -0.1) is 0 Å². The zero-order valence-electron chi connectivity index (χ0n) is 11.6. The van der Waals surface area contributed by atoms with E-state index < -0.39 is 0 Å².